The van der Waals surface area contributed by atoms with Gasteiger partial charge in [0.1, 0.15) is 0 Å². The first-order valence-corrected chi connectivity index (χ1v) is 9.86. The van der Waals surface area contributed by atoms with Crippen molar-refractivity contribution in [3.8, 4) is 0 Å². The molecule has 1 atom stereocenters. The van der Waals surface area contributed by atoms with E-state index in [0.717, 1.165) is 41.1 Å². The molecule has 2 N–H and O–H groups in total. The van der Waals surface area contributed by atoms with Crippen molar-refractivity contribution in [2.24, 2.45) is 12.0 Å². The van der Waals surface area contributed by atoms with Crippen LogP contribution >= 0.6 is 0 Å². The van der Waals surface area contributed by atoms with Crippen molar-refractivity contribution < 1.29 is 0 Å². The van der Waals surface area contributed by atoms with E-state index in [-0.39, 0.29) is 6.04 Å². The summed E-state index contributed by atoms with van der Waals surface area (Å²) >= 11 is 0. The first-order valence-electron chi connectivity index (χ1n) is 9.86. The summed E-state index contributed by atoms with van der Waals surface area (Å²) < 4.78 is 1.95. The Balaban J connectivity index is 1.73. The molecule has 2 heterocycles. The molecule has 6 nitrogen and oxygen atoms in total. The van der Waals surface area contributed by atoms with Crippen LogP contribution in [0.5, 0.6) is 0 Å². The predicted octanol–water partition coefficient (Wildman–Crippen LogP) is 3.27. The number of hydrogen-bond donors (Lipinski definition) is 2. The van der Waals surface area contributed by atoms with E-state index in [2.05, 4.69) is 72.7 Å². The number of rotatable bonds is 6. The van der Waals surface area contributed by atoms with Crippen molar-refractivity contribution in [2.45, 2.75) is 46.7 Å². The van der Waals surface area contributed by atoms with Gasteiger partial charge in [0.05, 0.1) is 17.8 Å². The molecule has 3 aromatic rings. The third-order valence-corrected chi connectivity index (χ3v) is 5.02. The summed E-state index contributed by atoms with van der Waals surface area (Å²) in [4.78, 5) is 9.32. The molecule has 0 amide bonds. The highest BCUT2D eigenvalue weighted by molar-refractivity contribution is 5.83. The lowest BCUT2D eigenvalue weighted by atomic mass is 10.1. The van der Waals surface area contributed by atoms with E-state index in [1.165, 1.54) is 11.3 Å². The van der Waals surface area contributed by atoms with Gasteiger partial charge in [0.25, 0.3) is 0 Å². The molecule has 1 unspecified atom stereocenters. The summed E-state index contributed by atoms with van der Waals surface area (Å²) in [5, 5.41) is 12.5. The van der Waals surface area contributed by atoms with E-state index in [9.17, 15) is 0 Å². The van der Waals surface area contributed by atoms with Gasteiger partial charge in [-0.1, -0.05) is 24.3 Å². The van der Waals surface area contributed by atoms with Crippen molar-refractivity contribution >= 4 is 16.9 Å². The van der Waals surface area contributed by atoms with Crippen LogP contribution in [0.2, 0.25) is 0 Å². The first kappa shape index (κ1) is 19.9. The van der Waals surface area contributed by atoms with Gasteiger partial charge in [-0.2, -0.15) is 5.10 Å². The summed E-state index contributed by atoms with van der Waals surface area (Å²) in [5.74, 6) is 0.821. The number of guanidine groups is 1. The minimum atomic E-state index is 0.241. The second kappa shape index (κ2) is 8.87. The summed E-state index contributed by atoms with van der Waals surface area (Å²) in [6, 6.07) is 10.5. The van der Waals surface area contributed by atoms with Gasteiger partial charge in [0, 0.05) is 36.9 Å². The van der Waals surface area contributed by atoms with Crippen molar-refractivity contribution in [1.29, 1.82) is 0 Å². The third kappa shape index (κ3) is 4.50. The van der Waals surface area contributed by atoms with Crippen molar-refractivity contribution in [2.75, 3.05) is 6.54 Å². The summed E-state index contributed by atoms with van der Waals surface area (Å²) in [6.07, 6.45) is 2.74. The monoisotopic (exact) mass is 378 g/mol. The Labute approximate surface area is 167 Å². The molecule has 0 saturated heterocycles. The number of aryl methyl sites for hydroxylation is 2. The number of aliphatic imine (C=N–C) groups is 1. The van der Waals surface area contributed by atoms with Crippen LogP contribution in [-0.4, -0.2) is 33.3 Å². The number of benzene rings is 1. The van der Waals surface area contributed by atoms with Crippen molar-refractivity contribution in [3.63, 3.8) is 0 Å². The molecular weight excluding hydrogens is 348 g/mol. The smallest absolute Gasteiger partial charge is 0.191 e. The Kier molecular flexibility index (Phi) is 6.29. The average Bonchev–Trinajstić information content (AvgIpc) is 2.92. The number of pyridine rings is 1. The zero-order chi connectivity index (χ0) is 20.1. The zero-order valence-corrected chi connectivity index (χ0v) is 17.5. The highest BCUT2D eigenvalue weighted by atomic mass is 15.3. The van der Waals surface area contributed by atoms with Gasteiger partial charge in [-0.05, 0) is 51.3 Å². The van der Waals surface area contributed by atoms with Crippen LogP contribution in [0.4, 0.5) is 0 Å². The number of fused-ring (bicyclic) bond motifs is 1. The van der Waals surface area contributed by atoms with Crippen LogP contribution in [0.1, 0.15) is 36.4 Å². The lowest BCUT2D eigenvalue weighted by molar-refractivity contribution is 0.636. The second-order valence-corrected chi connectivity index (χ2v) is 7.21. The molecule has 0 aliphatic carbocycles. The third-order valence-electron chi connectivity index (χ3n) is 5.02. The van der Waals surface area contributed by atoms with Gasteiger partial charge in [-0.15, -0.1) is 0 Å². The van der Waals surface area contributed by atoms with Crippen molar-refractivity contribution in [1.82, 2.24) is 25.4 Å². The fraction of sp³-hybridized carbons (Fsp3) is 0.409. The maximum atomic E-state index is 4.80. The largest absolute Gasteiger partial charge is 0.357 e. The van der Waals surface area contributed by atoms with Crippen LogP contribution in [0.3, 0.4) is 0 Å². The fourth-order valence-corrected chi connectivity index (χ4v) is 3.48. The highest BCUT2D eigenvalue weighted by Gasteiger charge is 2.14. The van der Waals surface area contributed by atoms with Crippen molar-refractivity contribution in [3.05, 3.63) is 59.0 Å². The van der Waals surface area contributed by atoms with E-state index in [1.54, 1.807) is 0 Å². The van der Waals surface area contributed by atoms with Gasteiger partial charge in [-0.25, -0.2) is 4.99 Å². The molecule has 0 aliphatic heterocycles. The number of hydrogen-bond acceptors (Lipinski definition) is 3. The fourth-order valence-electron chi connectivity index (χ4n) is 3.48. The Morgan fingerprint density at radius 1 is 1.21 bits per heavy atom. The molecule has 0 bridgehead atoms. The van der Waals surface area contributed by atoms with Gasteiger partial charge in [0.15, 0.2) is 5.96 Å². The molecule has 0 fully saturated rings. The van der Waals surface area contributed by atoms with Gasteiger partial charge < -0.3 is 10.6 Å². The molecule has 1 aromatic carbocycles. The normalized spacial score (nSPS) is 13.0. The standard InChI is InChI=1S/C22H30N6/c1-6-23-22(26-15(2)13-20-16(3)27-28(5)17(20)4)25-14-19-10-7-9-18-11-8-12-24-21(18)19/h7-12,15H,6,13-14H2,1-5H3,(H2,23,25,26). The SMILES string of the molecule is CCNC(=NCc1cccc2cccnc12)NC(C)Cc1c(C)nn(C)c1C. The minimum absolute atomic E-state index is 0.241. The maximum absolute atomic E-state index is 4.80. The van der Waals surface area contributed by atoms with E-state index < -0.39 is 0 Å². The van der Waals surface area contributed by atoms with Gasteiger partial charge in [-0.3, -0.25) is 9.67 Å². The Morgan fingerprint density at radius 2 is 2.00 bits per heavy atom. The molecule has 2 aromatic heterocycles. The molecule has 6 heteroatoms. The number of aromatic nitrogens is 3. The summed E-state index contributed by atoms with van der Waals surface area (Å²) in [7, 11) is 1.99. The molecule has 3 rings (SSSR count). The zero-order valence-electron chi connectivity index (χ0n) is 17.5. The minimum Gasteiger partial charge on any atom is -0.357 e. The van der Waals surface area contributed by atoms with E-state index in [1.807, 2.05) is 24.0 Å². The molecule has 148 valence electrons. The summed E-state index contributed by atoms with van der Waals surface area (Å²) in [6.45, 7) is 9.85. The Hall–Kier alpha value is -2.89. The highest BCUT2D eigenvalue weighted by Crippen LogP contribution is 2.17. The topological polar surface area (TPSA) is 67.1 Å². The summed E-state index contributed by atoms with van der Waals surface area (Å²) in [5.41, 5.74) is 5.75. The van der Waals surface area contributed by atoms with Crippen LogP contribution < -0.4 is 10.6 Å². The van der Waals surface area contributed by atoms with E-state index >= 15 is 0 Å². The number of para-hydroxylation sites is 1. The Morgan fingerprint density at radius 3 is 2.71 bits per heavy atom. The molecule has 0 saturated carbocycles. The predicted molar refractivity (Wildman–Crippen MR) is 116 cm³/mol. The number of nitrogens with zero attached hydrogens (tertiary/aromatic N) is 4. The maximum Gasteiger partial charge on any atom is 0.191 e. The average molecular weight is 379 g/mol. The van der Waals surface area contributed by atoms with E-state index in [0.29, 0.717) is 6.54 Å². The Bertz CT molecular complexity index is 967. The molecule has 28 heavy (non-hydrogen) atoms. The van der Waals surface area contributed by atoms with Crippen LogP contribution in [0.15, 0.2) is 41.5 Å². The van der Waals surface area contributed by atoms with E-state index in [4.69, 9.17) is 4.99 Å². The van der Waals surface area contributed by atoms with Crippen LogP contribution in [0, 0.1) is 13.8 Å². The molecule has 0 spiro atoms. The van der Waals surface area contributed by atoms with Gasteiger partial charge in [0.2, 0.25) is 0 Å². The lowest BCUT2D eigenvalue weighted by Crippen LogP contribution is -2.43. The second-order valence-electron chi connectivity index (χ2n) is 7.21. The van der Waals surface area contributed by atoms with Crippen LogP contribution in [0.25, 0.3) is 10.9 Å². The molecule has 0 aliphatic rings. The number of nitrogens with one attached hydrogen (secondary N) is 2. The molecule has 0 radical (unpaired) electrons. The first-order chi connectivity index (χ1) is 13.5. The lowest BCUT2D eigenvalue weighted by Gasteiger charge is -2.18. The molecular formula is C22H30N6. The van der Waals surface area contributed by atoms with Gasteiger partial charge >= 0.3 is 0 Å². The quantitative estimate of drug-likeness (QED) is 0.510. The van der Waals surface area contributed by atoms with Crippen LogP contribution in [-0.2, 0) is 20.0 Å².